The van der Waals surface area contributed by atoms with Crippen molar-refractivity contribution in [3.63, 3.8) is 0 Å². The van der Waals surface area contributed by atoms with Gasteiger partial charge in [-0.2, -0.15) is 0 Å². The molecule has 1 amide bonds. The molecule has 1 N–H and O–H groups in total. The maximum atomic E-state index is 12.7. The normalized spacial score (nSPS) is 12.4. The van der Waals surface area contributed by atoms with Crippen molar-refractivity contribution >= 4 is 17.7 Å². The van der Waals surface area contributed by atoms with Crippen LogP contribution in [0.15, 0.2) is 53.9 Å². The number of ether oxygens (including phenoxy) is 1. The van der Waals surface area contributed by atoms with E-state index in [0.29, 0.717) is 17.6 Å². The van der Waals surface area contributed by atoms with Gasteiger partial charge in [-0.05, 0) is 70.5 Å². The Bertz CT molecular complexity index is 1000. The zero-order valence-electron chi connectivity index (χ0n) is 18.6. The molecule has 0 aliphatic heterocycles. The zero-order valence-corrected chi connectivity index (χ0v) is 19.4. The van der Waals surface area contributed by atoms with Crippen LogP contribution in [0.2, 0.25) is 0 Å². The molecule has 164 valence electrons. The van der Waals surface area contributed by atoms with Crippen LogP contribution in [0.4, 0.5) is 0 Å². The number of nitrogens with one attached hydrogen (secondary N) is 1. The van der Waals surface area contributed by atoms with Gasteiger partial charge in [-0.1, -0.05) is 18.7 Å². The lowest BCUT2D eigenvalue weighted by Gasteiger charge is -2.26. The minimum atomic E-state index is -0.335. The van der Waals surface area contributed by atoms with Crippen LogP contribution >= 0.6 is 11.8 Å². The molecule has 2 aromatic heterocycles. The van der Waals surface area contributed by atoms with Gasteiger partial charge >= 0.3 is 0 Å². The summed E-state index contributed by atoms with van der Waals surface area (Å²) in [6.45, 7) is 10.5. The van der Waals surface area contributed by atoms with Crippen molar-refractivity contribution in [1.82, 2.24) is 25.1 Å². The number of aromatic nitrogens is 4. The van der Waals surface area contributed by atoms with E-state index in [1.54, 1.807) is 12.4 Å². The van der Waals surface area contributed by atoms with Crippen LogP contribution in [0.3, 0.4) is 0 Å². The number of carbonyl (C=O) groups excluding carboxylic acids is 1. The third-order valence-corrected chi connectivity index (χ3v) is 6.00. The molecule has 0 spiro atoms. The Labute approximate surface area is 187 Å². The summed E-state index contributed by atoms with van der Waals surface area (Å²) in [5.74, 6) is 1.44. The van der Waals surface area contributed by atoms with Crippen LogP contribution < -0.4 is 10.1 Å². The molecule has 0 aliphatic rings. The highest BCUT2D eigenvalue weighted by molar-refractivity contribution is 8.00. The van der Waals surface area contributed by atoms with Crippen molar-refractivity contribution in [3.8, 4) is 22.8 Å². The third-order valence-electron chi connectivity index (χ3n) is 4.96. The molecular formula is C23H29N5O2S. The third kappa shape index (κ3) is 5.64. The largest absolute Gasteiger partial charge is 0.494 e. The fourth-order valence-corrected chi connectivity index (χ4v) is 3.72. The monoisotopic (exact) mass is 439 g/mol. The molecule has 1 atom stereocenters. The Morgan fingerprint density at radius 3 is 2.55 bits per heavy atom. The van der Waals surface area contributed by atoms with Crippen LogP contribution in [0.5, 0.6) is 5.75 Å². The van der Waals surface area contributed by atoms with Gasteiger partial charge in [0.05, 0.1) is 11.9 Å². The molecule has 1 aromatic carbocycles. The summed E-state index contributed by atoms with van der Waals surface area (Å²) >= 11 is 1.38. The van der Waals surface area contributed by atoms with E-state index in [0.717, 1.165) is 23.4 Å². The van der Waals surface area contributed by atoms with Crippen LogP contribution in [-0.4, -0.2) is 43.1 Å². The van der Waals surface area contributed by atoms with Crippen LogP contribution in [0, 0.1) is 0 Å². The second-order valence-corrected chi connectivity index (χ2v) is 9.10. The summed E-state index contributed by atoms with van der Waals surface area (Å²) in [4.78, 5) is 17.0. The lowest BCUT2D eigenvalue weighted by atomic mass is 10.0. The van der Waals surface area contributed by atoms with Gasteiger partial charge < -0.3 is 10.1 Å². The number of carbonyl (C=O) groups is 1. The molecule has 3 aromatic rings. The van der Waals surface area contributed by atoms with E-state index in [9.17, 15) is 4.79 Å². The van der Waals surface area contributed by atoms with Crippen molar-refractivity contribution in [1.29, 1.82) is 0 Å². The zero-order chi connectivity index (χ0) is 22.4. The molecule has 31 heavy (non-hydrogen) atoms. The first-order chi connectivity index (χ1) is 14.8. The van der Waals surface area contributed by atoms with E-state index in [2.05, 4.69) is 27.4 Å². The molecular weight excluding hydrogens is 410 g/mol. The van der Waals surface area contributed by atoms with Crippen LogP contribution in [0.1, 0.15) is 41.0 Å². The highest BCUT2D eigenvalue weighted by Gasteiger charge is 2.25. The number of amides is 1. The number of thioether (sulfide) groups is 1. The van der Waals surface area contributed by atoms with E-state index in [1.807, 2.05) is 68.7 Å². The second kappa shape index (κ2) is 9.96. The predicted octanol–water partition coefficient (Wildman–Crippen LogP) is 4.51. The maximum absolute atomic E-state index is 12.7. The first kappa shape index (κ1) is 22.8. The second-order valence-electron chi connectivity index (χ2n) is 7.80. The fraction of sp³-hybridized carbons (Fsp3) is 0.391. The Hall–Kier alpha value is -2.87. The summed E-state index contributed by atoms with van der Waals surface area (Å²) in [7, 11) is 0. The van der Waals surface area contributed by atoms with Crippen LogP contribution in [0.25, 0.3) is 17.1 Å². The highest BCUT2D eigenvalue weighted by atomic mass is 32.2. The number of benzene rings is 1. The SMILES string of the molecule is CCOc1ccc(-n2c(SC(C)C(=O)NC(C)(C)CC)nnc2-c2cccnc2)cc1. The van der Waals surface area contributed by atoms with Crippen molar-refractivity contribution in [3.05, 3.63) is 48.8 Å². The Balaban J connectivity index is 1.95. The van der Waals surface area contributed by atoms with Gasteiger partial charge in [0, 0.05) is 29.2 Å². The molecule has 0 radical (unpaired) electrons. The van der Waals surface area contributed by atoms with Gasteiger partial charge in [0.1, 0.15) is 5.75 Å². The minimum Gasteiger partial charge on any atom is -0.494 e. The van der Waals surface area contributed by atoms with Gasteiger partial charge in [-0.15, -0.1) is 10.2 Å². The molecule has 2 heterocycles. The number of hydrogen-bond acceptors (Lipinski definition) is 6. The lowest BCUT2D eigenvalue weighted by Crippen LogP contribution is -2.46. The fourth-order valence-electron chi connectivity index (χ4n) is 2.85. The van der Waals surface area contributed by atoms with Gasteiger partial charge in [-0.25, -0.2) is 0 Å². The number of rotatable bonds is 9. The predicted molar refractivity (Wildman–Crippen MR) is 124 cm³/mol. The topological polar surface area (TPSA) is 81.9 Å². The molecule has 7 nitrogen and oxygen atoms in total. The number of hydrogen-bond donors (Lipinski definition) is 1. The number of pyridine rings is 1. The maximum Gasteiger partial charge on any atom is 0.233 e. The summed E-state index contributed by atoms with van der Waals surface area (Å²) in [6, 6.07) is 11.6. The summed E-state index contributed by atoms with van der Waals surface area (Å²) in [6.07, 6.45) is 4.33. The van der Waals surface area contributed by atoms with Crippen LogP contribution in [-0.2, 0) is 4.79 Å². The average molecular weight is 440 g/mol. The van der Waals surface area contributed by atoms with Gasteiger partial charge in [0.2, 0.25) is 5.91 Å². The average Bonchev–Trinajstić information content (AvgIpc) is 3.18. The first-order valence-corrected chi connectivity index (χ1v) is 11.3. The van der Waals surface area contributed by atoms with Gasteiger partial charge in [0.25, 0.3) is 0 Å². The quantitative estimate of drug-likeness (QED) is 0.494. The van der Waals surface area contributed by atoms with E-state index in [4.69, 9.17) is 4.74 Å². The molecule has 8 heteroatoms. The molecule has 3 rings (SSSR count). The standard InChI is InChI=1S/C23H29N5O2S/c1-6-23(4,5)25-21(29)16(3)31-22-27-26-20(17-9-8-14-24-15-17)28(22)18-10-12-19(13-11-18)30-7-2/h8-16H,6-7H2,1-5H3,(H,25,29). The molecule has 0 bridgehead atoms. The molecule has 1 unspecified atom stereocenters. The molecule has 0 fully saturated rings. The van der Waals surface area contributed by atoms with Crippen molar-refractivity contribution in [2.75, 3.05) is 6.61 Å². The molecule has 0 saturated carbocycles. The first-order valence-electron chi connectivity index (χ1n) is 10.4. The number of nitrogens with zero attached hydrogens (tertiary/aromatic N) is 4. The van der Waals surface area contributed by atoms with Crippen molar-refractivity contribution in [2.45, 2.75) is 57.0 Å². The molecule has 0 saturated heterocycles. The van der Waals surface area contributed by atoms with E-state index < -0.39 is 0 Å². The van der Waals surface area contributed by atoms with Crippen molar-refractivity contribution < 1.29 is 9.53 Å². The minimum absolute atomic E-state index is 0.0268. The summed E-state index contributed by atoms with van der Waals surface area (Å²) in [5, 5.41) is 12.2. The van der Waals surface area contributed by atoms with E-state index in [-0.39, 0.29) is 16.7 Å². The summed E-state index contributed by atoms with van der Waals surface area (Å²) in [5.41, 5.74) is 1.48. The van der Waals surface area contributed by atoms with E-state index in [1.165, 1.54) is 11.8 Å². The Kier molecular flexibility index (Phi) is 7.33. The Morgan fingerprint density at radius 2 is 1.94 bits per heavy atom. The summed E-state index contributed by atoms with van der Waals surface area (Å²) < 4.78 is 7.52. The Morgan fingerprint density at radius 1 is 1.19 bits per heavy atom. The smallest absolute Gasteiger partial charge is 0.233 e. The lowest BCUT2D eigenvalue weighted by molar-refractivity contribution is -0.121. The van der Waals surface area contributed by atoms with Crippen molar-refractivity contribution in [2.24, 2.45) is 0 Å². The molecule has 0 aliphatic carbocycles. The van der Waals surface area contributed by atoms with E-state index >= 15 is 0 Å². The highest BCUT2D eigenvalue weighted by Crippen LogP contribution is 2.31. The van der Waals surface area contributed by atoms with Gasteiger partial charge in [-0.3, -0.25) is 14.3 Å². The van der Waals surface area contributed by atoms with Gasteiger partial charge in [0.15, 0.2) is 11.0 Å².